The topological polar surface area (TPSA) is 73.8 Å². The average molecular weight is 545 g/mol. The molecule has 2 aromatic carbocycles. The Bertz CT molecular complexity index is 1290. The van der Waals surface area contributed by atoms with Crippen molar-refractivity contribution in [2.45, 2.75) is 45.9 Å². The molecular weight excluding hydrogens is 504 g/mol. The van der Waals surface area contributed by atoms with Gasteiger partial charge >= 0.3 is 0 Å². The van der Waals surface area contributed by atoms with E-state index in [1.54, 1.807) is 33.5 Å². The first-order valence-corrected chi connectivity index (χ1v) is 15.1. The molecule has 37 heavy (non-hydrogen) atoms. The van der Waals surface area contributed by atoms with Gasteiger partial charge in [-0.15, -0.1) is 0 Å². The Labute approximate surface area is 226 Å². The Morgan fingerprint density at radius 3 is 2.14 bits per heavy atom. The van der Waals surface area contributed by atoms with E-state index in [1.165, 1.54) is 11.3 Å². The maximum absolute atomic E-state index is 13.7. The predicted octanol–water partition coefficient (Wildman–Crippen LogP) is 5.51. The fourth-order valence-electron chi connectivity index (χ4n) is 4.12. The highest BCUT2D eigenvalue weighted by atomic mass is 32.2. The molecule has 7 nitrogen and oxygen atoms in total. The number of sulfonamides is 1. The first-order chi connectivity index (χ1) is 17.4. The first-order valence-electron chi connectivity index (χ1n) is 12.8. The van der Waals surface area contributed by atoms with Gasteiger partial charge in [-0.05, 0) is 87.8 Å². The van der Waals surface area contributed by atoms with E-state index in [-0.39, 0.29) is 22.6 Å². The molecule has 0 atom stereocenters. The van der Waals surface area contributed by atoms with Crippen LogP contribution >= 0.6 is 11.3 Å². The highest BCUT2D eigenvalue weighted by molar-refractivity contribution is 7.89. The number of benzene rings is 2. The van der Waals surface area contributed by atoms with Gasteiger partial charge in [-0.2, -0.15) is 4.31 Å². The number of hydrogen-bond acceptors (Lipinski definition) is 6. The van der Waals surface area contributed by atoms with Crippen LogP contribution in [0.2, 0.25) is 0 Å². The number of carbonyl (C=O) groups excluding carboxylic acids is 1. The molecule has 0 radical (unpaired) electrons. The first kappa shape index (κ1) is 29.2. The van der Waals surface area contributed by atoms with E-state index in [9.17, 15) is 13.2 Å². The van der Waals surface area contributed by atoms with Crippen molar-refractivity contribution < 1.29 is 13.2 Å². The lowest BCUT2D eigenvalue weighted by molar-refractivity contribution is 0.0986. The quantitative estimate of drug-likeness (QED) is 0.301. The fourth-order valence-corrected chi connectivity index (χ4v) is 6.98. The number of anilines is 1. The van der Waals surface area contributed by atoms with Crippen LogP contribution in [0.1, 0.15) is 50.0 Å². The Hall–Kier alpha value is -2.33. The highest BCUT2D eigenvalue weighted by Gasteiger charge is 2.27. The minimum atomic E-state index is -3.66. The molecule has 0 aliphatic carbocycles. The summed E-state index contributed by atoms with van der Waals surface area (Å²) in [6.07, 6.45) is 0.791. The summed E-state index contributed by atoms with van der Waals surface area (Å²) < 4.78 is 29.4. The molecule has 0 aliphatic heterocycles. The zero-order valence-corrected chi connectivity index (χ0v) is 24.7. The number of aromatic nitrogens is 1. The van der Waals surface area contributed by atoms with E-state index in [1.807, 2.05) is 60.8 Å². The standard InChI is InChI=1S/C28H40N4O3S2/c1-20(2)18-31(19-21(3)4)37(34,35)24-12-10-23(11-13-24)27(33)32(16-8-15-30(6)7)28-29-25-14-9-22(5)17-26(25)36-28/h9-14,17,20-21H,8,15-16,18-19H2,1-7H3. The van der Waals surface area contributed by atoms with E-state index < -0.39 is 10.0 Å². The van der Waals surface area contributed by atoms with Crippen molar-refractivity contribution in [3.05, 3.63) is 53.6 Å². The molecule has 202 valence electrons. The lowest BCUT2D eigenvalue weighted by Gasteiger charge is -2.26. The lowest BCUT2D eigenvalue weighted by Crippen LogP contribution is -2.37. The van der Waals surface area contributed by atoms with Crippen molar-refractivity contribution in [1.29, 1.82) is 0 Å². The molecule has 0 aliphatic rings. The Balaban J connectivity index is 1.90. The Morgan fingerprint density at radius 2 is 1.57 bits per heavy atom. The molecule has 0 saturated heterocycles. The second-order valence-electron chi connectivity index (χ2n) is 10.7. The molecule has 0 unspecified atom stereocenters. The summed E-state index contributed by atoms with van der Waals surface area (Å²) >= 11 is 1.50. The maximum atomic E-state index is 13.7. The van der Waals surface area contributed by atoms with Crippen LogP contribution in [0.4, 0.5) is 5.13 Å². The molecule has 9 heteroatoms. The number of fused-ring (bicyclic) bond motifs is 1. The molecule has 0 spiro atoms. The number of hydrogen-bond donors (Lipinski definition) is 0. The van der Waals surface area contributed by atoms with Crippen molar-refractivity contribution in [2.24, 2.45) is 11.8 Å². The summed E-state index contributed by atoms with van der Waals surface area (Å²) in [5.74, 6) is 0.241. The smallest absolute Gasteiger partial charge is 0.260 e. The number of aryl methyl sites for hydroxylation is 1. The van der Waals surface area contributed by atoms with Crippen LogP contribution in [0, 0.1) is 18.8 Å². The van der Waals surface area contributed by atoms with Crippen molar-refractivity contribution >= 4 is 42.6 Å². The van der Waals surface area contributed by atoms with Crippen molar-refractivity contribution in [3.8, 4) is 0 Å². The van der Waals surface area contributed by atoms with Crippen LogP contribution in [0.25, 0.3) is 10.2 Å². The molecule has 0 fully saturated rings. The second kappa shape index (κ2) is 12.5. The van der Waals surface area contributed by atoms with Gasteiger partial charge in [0.15, 0.2) is 5.13 Å². The third-order valence-corrected chi connectivity index (χ3v) is 8.76. The van der Waals surface area contributed by atoms with E-state index in [0.717, 1.165) is 28.7 Å². The molecule has 3 rings (SSSR count). The minimum Gasteiger partial charge on any atom is -0.309 e. The van der Waals surface area contributed by atoms with E-state index in [4.69, 9.17) is 4.98 Å². The molecule has 1 aromatic heterocycles. The summed E-state index contributed by atoms with van der Waals surface area (Å²) in [5, 5.41) is 0.654. The lowest BCUT2D eigenvalue weighted by atomic mass is 10.2. The molecule has 1 heterocycles. The molecular formula is C28H40N4O3S2. The van der Waals surface area contributed by atoms with Gasteiger partial charge in [0.25, 0.3) is 5.91 Å². The zero-order valence-electron chi connectivity index (χ0n) is 23.1. The SMILES string of the molecule is Cc1ccc2nc(N(CCCN(C)C)C(=O)c3ccc(S(=O)(=O)N(CC(C)C)CC(C)C)cc3)sc2c1. The second-order valence-corrected chi connectivity index (χ2v) is 13.7. The monoisotopic (exact) mass is 544 g/mol. The molecule has 0 N–H and O–H groups in total. The summed E-state index contributed by atoms with van der Waals surface area (Å²) in [4.78, 5) is 22.4. The van der Waals surface area contributed by atoms with Gasteiger partial charge in [0, 0.05) is 25.2 Å². The van der Waals surface area contributed by atoms with Gasteiger partial charge in [-0.1, -0.05) is 45.1 Å². The van der Waals surface area contributed by atoms with Gasteiger partial charge in [0.1, 0.15) is 0 Å². The summed E-state index contributed by atoms with van der Waals surface area (Å²) in [6, 6.07) is 12.4. The highest BCUT2D eigenvalue weighted by Crippen LogP contribution is 2.31. The van der Waals surface area contributed by atoms with E-state index >= 15 is 0 Å². The van der Waals surface area contributed by atoms with Gasteiger partial charge in [0.2, 0.25) is 10.0 Å². The summed E-state index contributed by atoms with van der Waals surface area (Å²) in [7, 11) is 0.357. The predicted molar refractivity (Wildman–Crippen MR) is 154 cm³/mol. The van der Waals surface area contributed by atoms with Gasteiger partial charge in [0.05, 0.1) is 15.1 Å². The van der Waals surface area contributed by atoms with Crippen LogP contribution in [0.3, 0.4) is 0 Å². The van der Waals surface area contributed by atoms with E-state index in [2.05, 4.69) is 11.0 Å². The summed E-state index contributed by atoms with van der Waals surface area (Å²) in [5.41, 5.74) is 2.46. The van der Waals surface area contributed by atoms with Crippen LogP contribution in [0.15, 0.2) is 47.4 Å². The average Bonchev–Trinajstić information content (AvgIpc) is 3.23. The molecule has 1 amide bonds. The van der Waals surface area contributed by atoms with Crippen LogP contribution < -0.4 is 4.90 Å². The molecule has 3 aromatic rings. The van der Waals surface area contributed by atoms with Crippen LogP contribution in [-0.2, 0) is 10.0 Å². The minimum absolute atomic E-state index is 0.181. The summed E-state index contributed by atoms with van der Waals surface area (Å²) in [6.45, 7) is 12.4. The van der Waals surface area contributed by atoms with E-state index in [0.29, 0.717) is 30.3 Å². The fraction of sp³-hybridized carbons (Fsp3) is 0.500. The number of amides is 1. The third-order valence-electron chi connectivity index (χ3n) is 5.87. The van der Waals surface area contributed by atoms with Gasteiger partial charge in [-0.3, -0.25) is 9.69 Å². The molecule has 0 bridgehead atoms. The van der Waals surface area contributed by atoms with Crippen molar-refractivity contribution in [1.82, 2.24) is 14.2 Å². The number of thiazole rings is 1. The third kappa shape index (κ3) is 7.60. The van der Waals surface area contributed by atoms with Crippen LogP contribution in [-0.4, -0.2) is 68.8 Å². The number of nitrogens with zero attached hydrogens (tertiary/aromatic N) is 4. The van der Waals surface area contributed by atoms with Crippen LogP contribution in [0.5, 0.6) is 0 Å². The molecule has 0 saturated carbocycles. The Morgan fingerprint density at radius 1 is 0.946 bits per heavy atom. The maximum Gasteiger partial charge on any atom is 0.260 e. The van der Waals surface area contributed by atoms with Crippen molar-refractivity contribution in [3.63, 3.8) is 0 Å². The zero-order chi connectivity index (χ0) is 27.3. The van der Waals surface area contributed by atoms with Crippen molar-refractivity contribution in [2.75, 3.05) is 45.2 Å². The van der Waals surface area contributed by atoms with Gasteiger partial charge in [-0.25, -0.2) is 13.4 Å². The normalized spacial score (nSPS) is 12.4. The Kier molecular flexibility index (Phi) is 9.86. The van der Waals surface area contributed by atoms with Gasteiger partial charge < -0.3 is 4.90 Å². The number of rotatable bonds is 12. The largest absolute Gasteiger partial charge is 0.309 e. The number of carbonyl (C=O) groups is 1.